The maximum Gasteiger partial charge on any atom is 0.314 e. The summed E-state index contributed by atoms with van der Waals surface area (Å²) >= 11 is 6.21. The monoisotopic (exact) mass is 280 g/mol. The van der Waals surface area contributed by atoms with E-state index in [1.54, 1.807) is 0 Å². The average molecular weight is 281 g/mol. The van der Waals surface area contributed by atoms with Crippen molar-refractivity contribution in [3.8, 4) is 0 Å². The van der Waals surface area contributed by atoms with Gasteiger partial charge in [0.05, 0.1) is 12.7 Å². The number of carbonyl (C=O) groups is 1. The first-order valence-corrected chi connectivity index (χ1v) is 7.06. The minimum Gasteiger partial charge on any atom is -0.469 e. The summed E-state index contributed by atoms with van der Waals surface area (Å²) in [6, 6.07) is 7.54. The zero-order valence-electron chi connectivity index (χ0n) is 10.9. The second-order valence-electron chi connectivity index (χ2n) is 5.33. The molecule has 1 aliphatic heterocycles. The molecule has 102 valence electrons. The maximum absolute atomic E-state index is 12.1. The van der Waals surface area contributed by atoms with Crippen LogP contribution in [0.4, 0.5) is 0 Å². The van der Waals surface area contributed by atoms with Gasteiger partial charge in [-0.15, -0.1) is 0 Å². The van der Waals surface area contributed by atoms with Crippen molar-refractivity contribution in [2.45, 2.75) is 37.4 Å². The van der Waals surface area contributed by atoms with Crippen LogP contribution in [0, 0.1) is 5.92 Å². The fraction of sp³-hybridized carbons (Fsp3) is 0.533. The van der Waals surface area contributed by atoms with Gasteiger partial charge in [-0.1, -0.05) is 42.6 Å². The predicted octanol–water partition coefficient (Wildman–Crippen LogP) is 3.51. The smallest absolute Gasteiger partial charge is 0.314 e. The van der Waals surface area contributed by atoms with E-state index in [2.05, 4.69) is 0 Å². The summed E-state index contributed by atoms with van der Waals surface area (Å²) in [5.41, 5.74) is 0.578. The largest absolute Gasteiger partial charge is 0.469 e. The van der Waals surface area contributed by atoms with Crippen molar-refractivity contribution < 1.29 is 14.3 Å². The van der Waals surface area contributed by atoms with Crippen molar-refractivity contribution in [1.82, 2.24) is 0 Å². The summed E-state index contributed by atoms with van der Waals surface area (Å²) in [6.07, 6.45) is 3.84. The van der Waals surface area contributed by atoms with E-state index in [4.69, 9.17) is 21.1 Å². The summed E-state index contributed by atoms with van der Waals surface area (Å²) in [5.74, 6) is -0.405. The fourth-order valence-corrected chi connectivity index (χ4v) is 3.66. The molecule has 1 spiro atoms. The van der Waals surface area contributed by atoms with Crippen molar-refractivity contribution >= 4 is 17.6 Å². The van der Waals surface area contributed by atoms with E-state index < -0.39 is 0 Å². The van der Waals surface area contributed by atoms with Crippen molar-refractivity contribution in [3.63, 3.8) is 0 Å². The molecule has 1 aromatic carbocycles. The standard InChI is InChI=1S/C15H17ClO3/c1-18-14(17)12-13(10-6-2-3-7-11(10)16)19-15(12)8-4-5-9-15/h2-3,6-7,12-13H,4-5,8-9H2,1H3. The lowest BCUT2D eigenvalue weighted by molar-refractivity contribution is -0.262. The third-order valence-corrected chi connectivity index (χ3v) is 4.69. The molecule has 1 aliphatic carbocycles. The first-order chi connectivity index (χ1) is 9.18. The molecule has 0 aromatic heterocycles. The van der Waals surface area contributed by atoms with Gasteiger partial charge in [0, 0.05) is 10.6 Å². The Morgan fingerprint density at radius 2 is 2.05 bits per heavy atom. The number of halogens is 1. The Bertz CT molecular complexity index is 494. The van der Waals surface area contributed by atoms with Gasteiger partial charge in [0.15, 0.2) is 0 Å². The normalized spacial score (nSPS) is 28.1. The predicted molar refractivity (Wildman–Crippen MR) is 72.0 cm³/mol. The molecule has 0 radical (unpaired) electrons. The van der Waals surface area contributed by atoms with E-state index in [0.717, 1.165) is 31.2 Å². The topological polar surface area (TPSA) is 35.5 Å². The molecule has 3 rings (SSSR count). The number of esters is 1. The fourth-order valence-electron chi connectivity index (χ4n) is 3.41. The van der Waals surface area contributed by atoms with E-state index in [-0.39, 0.29) is 23.6 Å². The Morgan fingerprint density at radius 1 is 1.37 bits per heavy atom. The average Bonchev–Trinajstić information content (AvgIpc) is 2.88. The molecule has 3 nitrogen and oxygen atoms in total. The van der Waals surface area contributed by atoms with Gasteiger partial charge in [-0.3, -0.25) is 4.79 Å². The van der Waals surface area contributed by atoms with E-state index in [1.807, 2.05) is 24.3 Å². The molecular formula is C15H17ClO3. The molecule has 19 heavy (non-hydrogen) atoms. The molecule has 1 aromatic rings. The summed E-state index contributed by atoms with van der Waals surface area (Å²) in [4.78, 5) is 12.1. The van der Waals surface area contributed by atoms with Gasteiger partial charge in [0.2, 0.25) is 0 Å². The highest BCUT2D eigenvalue weighted by Gasteiger charge is 2.61. The number of hydrogen-bond acceptors (Lipinski definition) is 3. The van der Waals surface area contributed by atoms with Gasteiger partial charge in [0.25, 0.3) is 0 Å². The van der Waals surface area contributed by atoms with E-state index in [0.29, 0.717) is 5.02 Å². The van der Waals surface area contributed by atoms with E-state index in [1.165, 1.54) is 7.11 Å². The second kappa shape index (κ2) is 4.80. The maximum atomic E-state index is 12.1. The highest BCUT2D eigenvalue weighted by Crippen LogP contribution is 2.57. The van der Waals surface area contributed by atoms with Crippen LogP contribution in [0.25, 0.3) is 0 Å². The number of hydrogen-bond donors (Lipinski definition) is 0. The number of rotatable bonds is 2. The molecule has 1 heterocycles. The van der Waals surface area contributed by atoms with Crippen molar-refractivity contribution in [2.75, 3.05) is 7.11 Å². The van der Waals surface area contributed by atoms with Crippen molar-refractivity contribution in [1.29, 1.82) is 0 Å². The summed E-state index contributed by atoms with van der Waals surface area (Å²) in [5, 5.41) is 0.647. The number of methoxy groups -OCH3 is 1. The lowest BCUT2D eigenvalue weighted by Gasteiger charge is -2.52. The minimum absolute atomic E-state index is 0.182. The Morgan fingerprint density at radius 3 is 2.68 bits per heavy atom. The van der Waals surface area contributed by atoms with Gasteiger partial charge in [-0.25, -0.2) is 0 Å². The molecule has 2 fully saturated rings. The Kier molecular flexibility index (Phi) is 3.27. The van der Waals surface area contributed by atoms with Crippen LogP contribution in [0.3, 0.4) is 0 Å². The van der Waals surface area contributed by atoms with E-state index in [9.17, 15) is 4.79 Å². The molecule has 0 amide bonds. The van der Waals surface area contributed by atoms with Crippen LogP contribution >= 0.6 is 11.6 Å². The zero-order valence-corrected chi connectivity index (χ0v) is 11.7. The second-order valence-corrected chi connectivity index (χ2v) is 5.74. The quantitative estimate of drug-likeness (QED) is 0.778. The molecular weight excluding hydrogens is 264 g/mol. The Labute approximate surface area is 117 Å². The number of benzene rings is 1. The number of carbonyl (C=O) groups excluding carboxylic acids is 1. The minimum atomic E-state index is -0.309. The highest BCUT2D eigenvalue weighted by atomic mass is 35.5. The third-order valence-electron chi connectivity index (χ3n) is 4.35. The first-order valence-electron chi connectivity index (χ1n) is 6.68. The summed E-state index contributed by atoms with van der Waals surface area (Å²) in [6.45, 7) is 0. The van der Waals surface area contributed by atoms with Crippen LogP contribution in [0.1, 0.15) is 37.4 Å². The summed E-state index contributed by atoms with van der Waals surface area (Å²) in [7, 11) is 1.44. The summed E-state index contributed by atoms with van der Waals surface area (Å²) < 4.78 is 11.1. The molecule has 0 bridgehead atoms. The highest BCUT2D eigenvalue weighted by molar-refractivity contribution is 6.31. The lowest BCUT2D eigenvalue weighted by Crippen LogP contribution is -2.57. The first kappa shape index (κ1) is 12.9. The Hall–Kier alpha value is -1.06. The molecule has 1 saturated carbocycles. The number of ether oxygens (including phenoxy) is 2. The van der Waals surface area contributed by atoms with Gasteiger partial charge in [0.1, 0.15) is 12.0 Å². The molecule has 2 aliphatic rings. The van der Waals surface area contributed by atoms with Crippen LogP contribution < -0.4 is 0 Å². The van der Waals surface area contributed by atoms with Crippen LogP contribution in [0.2, 0.25) is 5.02 Å². The SMILES string of the molecule is COC(=O)C1C(c2ccccc2Cl)OC12CCCC2. The molecule has 4 heteroatoms. The zero-order chi connectivity index (χ0) is 13.5. The van der Waals surface area contributed by atoms with Crippen LogP contribution in [-0.4, -0.2) is 18.7 Å². The van der Waals surface area contributed by atoms with Crippen molar-refractivity contribution in [3.05, 3.63) is 34.9 Å². The lowest BCUT2D eigenvalue weighted by atomic mass is 9.73. The van der Waals surface area contributed by atoms with Gasteiger partial charge in [-0.2, -0.15) is 0 Å². The van der Waals surface area contributed by atoms with Crippen LogP contribution in [0.5, 0.6) is 0 Å². The molecule has 0 N–H and O–H groups in total. The Balaban J connectivity index is 1.91. The van der Waals surface area contributed by atoms with Gasteiger partial charge in [-0.05, 0) is 18.9 Å². The van der Waals surface area contributed by atoms with Crippen LogP contribution in [-0.2, 0) is 14.3 Å². The van der Waals surface area contributed by atoms with Crippen LogP contribution in [0.15, 0.2) is 24.3 Å². The van der Waals surface area contributed by atoms with E-state index >= 15 is 0 Å². The molecule has 1 saturated heterocycles. The third kappa shape index (κ3) is 1.96. The van der Waals surface area contributed by atoms with Gasteiger partial charge < -0.3 is 9.47 Å². The molecule has 2 unspecified atom stereocenters. The molecule has 2 atom stereocenters. The van der Waals surface area contributed by atoms with Crippen molar-refractivity contribution in [2.24, 2.45) is 5.92 Å². The van der Waals surface area contributed by atoms with Gasteiger partial charge >= 0.3 is 5.97 Å².